The van der Waals surface area contributed by atoms with E-state index in [9.17, 15) is 17.6 Å². The molecule has 1 aromatic heterocycles. The van der Waals surface area contributed by atoms with E-state index in [0.29, 0.717) is 16.9 Å². The molecule has 0 N–H and O–H groups in total. The van der Waals surface area contributed by atoms with E-state index in [-0.39, 0.29) is 0 Å². The lowest BCUT2D eigenvalue weighted by Crippen LogP contribution is -2.08. The van der Waals surface area contributed by atoms with Crippen LogP contribution in [0.25, 0.3) is 22.5 Å². The van der Waals surface area contributed by atoms with E-state index in [0.717, 1.165) is 17.7 Å². The Kier molecular flexibility index (Phi) is 3.48. The number of furan rings is 1. The molecule has 0 aliphatic carbocycles. The summed E-state index contributed by atoms with van der Waals surface area (Å²) in [7, 11) is 0. The van der Waals surface area contributed by atoms with Gasteiger partial charge in [-0.05, 0) is 35.4 Å². The van der Waals surface area contributed by atoms with Gasteiger partial charge in [-0.2, -0.15) is 13.2 Å². The van der Waals surface area contributed by atoms with Crippen LogP contribution in [0.1, 0.15) is 5.56 Å². The maximum atomic E-state index is 13.3. The van der Waals surface area contributed by atoms with Crippen LogP contribution < -0.4 is 0 Å². The monoisotopic (exact) mass is 306 g/mol. The molecule has 0 radical (unpaired) electrons. The average molecular weight is 306 g/mol. The van der Waals surface area contributed by atoms with Crippen LogP contribution in [-0.2, 0) is 6.18 Å². The van der Waals surface area contributed by atoms with Crippen LogP contribution in [0.15, 0.2) is 65.3 Å². The van der Waals surface area contributed by atoms with Crippen molar-refractivity contribution in [2.45, 2.75) is 6.18 Å². The smallest absolute Gasteiger partial charge is 0.419 e. The van der Waals surface area contributed by atoms with Crippen LogP contribution in [0.5, 0.6) is 0 Å². The Morgan fingerprint density at radius 3 is 2.00 bits per heavy atom. The van der Waals surface area contributed by atoms with Gasteiger partial charge in [0.1, 0.15) is 11.6 Å². The Morgan fingerprint density at radius 1 is 0.773 bits per heavy atom. The lowest BCUT2D eigenvalue weighted by molar-refractivity contribution is -0.139. The highest BCUT2D eigenvalue weighted by molar-refractivity contribution is 5.68. The predicted octanol–water partition coefficient (Wildman–Crippen LogP) is 5.77. The number of alkyl halides is 3. The molecule has 0 aliphatic rings. The minimum absolute atomic E-state index is 0.305. The molecule has 1 nitrogen and oxygen atoms in total. The molecular formula is C17H10F4O. The van der Waals surface area contributed by atoms with Crippen LogP contribution in [0, 0.1) is 5.82 Å². The van der Waals surface area contributed by atoms with Gasteiger partial charge in [-0.3, -0.25) is 0 Å². The fourth-order valence-corrected chi connectivity index (χ4v) is 2.19. The quantitative estimate of drug-likeness (QED) is 0.548. The summed E-state index contributed by atoms with van der Waals surface area (Å²) in [5.74, 6) is -0.606. The summed E-state index contributed by atoms with van der Waals surface area (Å²) in [6.45, 7) is 0. The van der Waals surface area contributed by atoms with Gasteiger partial charge in [0.2, 0.25) is 0 Å². The first-order valence-electron chi connectivity index (χ1n) is 6.46. The normalized spacial score (nSPS) is 11.6. The topological polar surface area (TPSA) is 13.1 Å². The minimum atomic E-state index is -4.71. The third-order valence-electron chi connectivity index (χ3n) is 3.30. The molecule has 5 heteroatoms. The first-order valence-corrected chi connectivity index (χ1v) is 6.46. The summed E-state index contributed by atoms with van der Waals surface area (Å²) < 4.78 is 56.8. The molecule has 2 aromatic carbocycles. The summed E-state index contributed by atoms with van der Waals surface area (Å²) in [4.78, 5) is 0. The van der Waals surface area contributed by atoms with Crippen molar-refractivity contribution in [1.29, 1.82) is 0 Å². The standard InChI is InChI=1S/C17H10F4O/c18-15-8-7-13(10-14(15)17(19,20)21)11-3-5-12(6-4-11)16-2-1-9-22-16/h1-10H. The average Bonchev–Trinajstić information content (AvgIpc) is 3.01. The first kappa shape index (κ1) is 14.4. The number of hydrogen-bond donors (Lipinski definition) is 0. The zero-order valence-corrected chi connectivity index (χ0v) is 11.2. The number of hydrogen-bond acceptors (Lipinski definition) is 1. The fraction of sp³-hybridized carbons (Fsp3) is 0.0588. The highest BCUT2D eigenvalue weighted by Gasteiger charge is 2.34. The van der Waals surface area contributed by atoms with Gasteiger partial charge in [-0.1, -0.05) is 30.3 Å². The van der Waals surface area contributed by atoms with Crippen molar-refractivity contribution in [1.82, 2.24) is 0 Å². The van der Waals surface area contributed by atoms with E-state index in [2.05, 4.69) is 0 Å². The van der Waals surface area contributed by atoms with Gasteiger partial charge in [0, 0.05) is 5.56 Å². The minimum Gasteiger partial charge on any atom is -0.464 e. The fourth-order valence-electron chi connectivity index (χ4n) is 2.19. The first-order chi connectivity index (χ1) is 10.4. The predicted molar refractivity (Wildman–Crippen MR) is 74.5 cm³/mol. The molecule has 1 heterocycles. The molecule has 3 rings (SSSR count). The summed E-state index contributed by atoms with van der Waals surface area (Å²) in [6, 6.07) is 13.3. The zero-order valence-electron chi connectivity index (χ0n) is 11.2. The van der Waals surface area contributed by atoms with Gasteiger partial charge in [-0.15, -0.1) is 0 Å². The number of rotatable bonds is 2. The van der Waals surface area contributed by atoms with E-state index in [1.807, 2.05) is 0 Å². The molecule has 0 unspecified atom stereocenters. The van der Waals surface area contributed by atoms with Crippen molar-refractivity contribution < 1.29 is 22.0 Å². The second kappa shape index (κ2) is 5.33. The highest BCUT2D eigenvalue weighted by Crippen LogP contribution is 2.34. The molecule has 0 atom stereocenters. The highest BCUT2D eigenvalue weighted by atomic mass is 19.4. The van der Waals surface area contributed by atoms with E-state index in [1.54, 1.807) is 42.7 Å². The van der Waals surface area contributed by atoms with Crippen molar-refractivity contribution >= 4 is 0 Å². The van der Waals surface area contributed by atoms with Crippen LogP contribution in [0.2, 0.25) is 0 Å². The van der Waals surface area contributed by atoms with Gasteiger partial charge in [0.15, 0.2) is 0 Å². The molecular weight excluding hydrogens is 296 g/mol. The summed E-state index contributed by atoms with van der Waals surface area (Å²) in [5, 5.41) is 0. The second-order valence-electron chi connectivity index (χ2n) is 4.75. The van der Waals surface area contributed by atoms with Gasteiger partial charge in [0.25, 0.3) is 0 Å². The lowest BCUT2D eigenvalue weighted by Gasteiger charge is -2.10. The lowest BCUT2D eigenvalue weighted by atomic mass is 10.0. The maximum absolute atomic E-state index is 13.3. The van der Waals surface area contributed by atoms with Crippen molar-refractivity contribution in [3.63, 3.8) is 0 Å². The SMILES string of the molecule is Fc1ccc(-c2ccc(-c3ccco3)cc2)cc1C(F)(F)F. The molecule has 0 spiro atoms. The molecule has 0 aliphatic heterocycles. The van der Waals surface area contributed by atoms with E-state index in [4.69, 9.17) is 4.42 Å². The molecule has 0 amide bonds. The number of benzene rings is 2. The molecule has 0 fully saturated rings. The third-order valence-corrected chi connectivity index (χ3v) is 3.30. The second-order valence-corrected chi connectivity index (χ2v) is 4.75. The Balaban J connectivity index is 1.98. The summed E-state index contributed by atoms with van der Waals surface area (Å²) in [6.07, 6.45) is -3.17. The summed E-state index contributed by atoms with van der Waals surface area (Å²) >= 11 is 0. The van der Waals surface area contributed by atoms with Crippen molar-refractivity contribution in [3.8, 4) is 22.5 Å². The van der Waals surface area contributed by atoms with Gasteiger partial charge >= 0.3 is 6.18 Å². The summed E-state index contributed by atoms with van der Waals surface area (Å²) in [5.41, 5.74) is 0.424. The van der Waals surface area contributed by atoms with Crippen LogP contribution >= 0.6 is 0 Å². The van der Waals surface area contributed by atoms with Crippen molar-refractivity contribution in [2.24, 2.45) is 0 Å². The Morgan fingerprint density at radius 2 is 1.41 bits per heavy atom. The van der Waals surface area contributed by atoms with Crippen molar-refractivity contribution in [3.05, 3.63) is 72.2 Å². The third kappa shape index (κ3) is 2.74. The van der Waals surface area contributed by atoms with Crippen LogP contribution in [-0.4, -0.2) is 0 Å². The molecule has 22 heavy (non-hydrogen) atoms. The van der Waals surface area contributed by atoms with Gasteiger partial charge < -0.3 is 4.42 Å². The Hall–Kier alpha value is -2.56. The van der Waals surface area contributed by atoms with Crippen LogP contribution in [0.4, 0.5) is 17.6 Å². The van der Waals surface area contributed by atoms with Crippen molar-refractivity contribution in [2.75, 3.05) is 0 Å². The molecule has 3 aromatic rings. The van der Waals surface area contributed by atoms with E-state index >= 15 is 0 Å². The van der Waals surface area contributed by atoms with Crippen LogP contribution in [0.3, 0.4) is 0 Å². The molecule has 0 bridgehead atoms. The maximum Gasteiger partial charge on any atom is 0.419 e. The van der Waals surface area contributed by atoms with Gasteiger partial charge in [-0.25, -0.2) is 4.39 Å². The van der Waals surface area contributed by atoms with E-state index in [1.165, 1.54) is 6.07 Å². The largest absolute Gasteiger partial charge is 0.464 e. The Labute approximate surface area is 123 Å². The molecule has 0 saturated heterocycles. The number of halogens is 4. The molecule has 112 valence electrons. The zero-order chi connectivity index (χ0) is 15.7. The Bertz CT molecular complexity index is 771. The molecule has 0 saturated carbocycles. The van der Waals surface area contributed by atoms with E-state index < -0.39 is 17.6 Å². The van der Waals surface area contributed by atoms with Gasteiger partial charge in [0.05, 0.1) is 11.8 Å².